The van der Waals surface area contributed by atoms with Gasteiger partial charge in [-0.25, -0.2) is 4.79 Å². The molecule has 24 heavy (non-hydrogen) atoms. The van der Waals surface area contributed by atoms with Crippen molar-refractivity contribution in [3.05, 3.63) is 65.7 Å². The van der Waals surface area contributed by atoms with Gasteiger partial charge in [0.1, 0.15) is 18.9 Å². The minimum atomic E-state index is -0.785. The van der Waals surface area contributed by atoms with Crippen molar-refractivity contribution in [3.63, 3.8) is 0 Å². The van der Waals surface area contributed by atoms with Gasteiger partial charge in [0.05, 0.1) is 7.11 Å². The fraction of sp³-hybridized carbons (Fsp3) is 0.222. The predicted molar refractivity (Wildman–Crippen MR) is 85.2 cm³/mol. The summed E-state index contributed by atoms with van der Waals surface area (Å²) in [6.45, 7) is 0.00398. The Morgan fingerprint density at radius 1 is 1.17 bits per heavy atom. The molecule has 0 aromatic heterocycles. The molecule has 6 heteroatoms. The lowest BCUT2D eigenvalue weighted by atomic mass is 10.2. The van der Waals surface area contributed by atoms with Crippen LogP contribution in [0.1, 0.15) is 17.4 Å². The largest absolute Gasteiger partial charge is 0.497 e. The maximum atomic E-state index is 12.3. The van der Waals surface area contributed by atoms with Crippen molar-refractivity contribution in [1.29, 1.82) is 0 Å². The van der Waals surface area contributed by atoms with Crippen LogP contribution in [0.25, 0.3) is 0 Å². The van der Waals surface area contributed by atoms with E-state index in [0.29, 0.717) is 11.3 Å². The fourth-order valence-corrected chi connectivity index (χ4v) is 2.43. The summed E-state index contributed by atoms with van der Waals surface area (Å²) in [7, 11) is 1.57. The minimum absolute atomic E-state index is 0.135. The smallest absolute Gasteiger partial charge is 0.413 e. The van der Waals surface area contributed by atoms with Crippen molar-refractivity contribution in [2.45, 2.75) is 12.8 Å². The lowest BCUT2D eigenvalue weighted by Crippen LogP contribution is -2.31. The van der Waals surface area contributed by atoms with Gasteiger partial charge < -0.3 is 14.2 Å². The van der Waals surface area contributed by atoms with Gasteiger partial charge in [-0.2, -0.15) is 0 Å². The van der Waals surface area contributed by atoms with E-state index in [1.54, 1.807) is 31.4 Å². The van der Waals surface area contributed by atoms with Crippen LogP contribution >= 0.6 is 0 Å². The topological polar surface area (TPSA) is 65.1 Å². The summed E-state index contributed by atoms with van der Waals surface area (Å²) in [6.07, 6.45) is -1.38. The number of benzene rings is 2. The second kappa shape index (κ2) is 7.04. The van der Waals surface area contributed by atoms with E-state index in [9.17, 15) is 9.59 Å². The summed E-state index contributed by atoms with van der Waals surface area (Å²) in [6, 6.07) is 16.3. The van der Waals surface area contributed by atoms with E-state index in [0.717, 1.165) is 5.56 Å². The van der Waals surface area contributed by atoms with Crippen LogP contribution in [0, 0.1) is 0 Å². The highest BCUT2D eigenvalue weighted by Crippen LogP contribution is 2.29. The van der Waals surface area contributed by atoms with E-state index >= 15 is 0 Å². The van der Waals surface area contributed by atoms with Crippen LogP contribution in [0.4, 0.5) is 4.79 Å². The van der Waals surface area contributed by atoms with E-state index in [4.69, 9.17) is 14.2 Å². The summed E-state index contributed by atoms with van der Waals surface area (Å²) < 4.78 is 15.6. The zero-order chi connectivity index (χ0) is 16.9. The molecule has 0 aliphatic carbocycles. The highest BCUT2D eigenvalue weighted by atomic mass is 16.6. The molecule has 2 aromatic carbocycles. The first kappa shape index (κ1) is 15.9. The van der Waals surface area contributed by atoms with Crippen molar-refractivity contribution in [2.75, 3.05) is 13.7 Å². The number of carbonyl (C=O) groups is 2. The Labute approximate surface area is 139 Å². The zero-order valence-electron chi connectivity index (χ0n) is 13.2. The van der Waals surface area contributed by atoms with Crippen LogP contribution in [0.5, 0.6) is 5.75 Å². The van der Waals surface area contributed by atoms with Gasteiger partial charge in [-0.05, 0) is 29.8 Å². The molecular weight excluding hydrogens is 310 g/mol. The van der Waals surface area contributed by atoms with Crippen LogP contribution in [-0.4, -0.2) is 30.6 Å². The normalized spacial score (nSPS) is 16.6. The molecule has 1 saturated heterocycles. The van der Waals surface area contributed by atoms with Crippen molar-refractivity contribution in [2.24, 2.45) is 0 Å². The molecule has 2 aromatic rings. The number of carbonyl (C=O) groups excluding carboxylic acids is 2. The summed E-state index contributed by atoms with van der Waals surface area (Å²) in [5.74, 6) is 0.216. The molecule has 1 amide bonds. The molecule has 0 spiro atoms. The Morgan fingerprint density at radius 2 is 1.88 bits per heavy atom. The molecule has 124 valence electrons. The number of cyclic esters (lactones) is 1. The summed E-state index contributed by atoms with van der Waals surface area (Å²) in [5, 5.41) is 0. The van der Waals surface area contributed by atoms with E-state index in [1.165, 1.54) is 4.90 Å². The van der Waals surface area contributed by atoms with Gasteiger partial charge in [-0.15, -0.1) is 0 Å². The van der Waals surface area contributed by atoms with Gasteiger partial charge in [-0.1, -0.05) is 30.3 Å². The highest BCUT2D eigenvalue weighted by molar-refractivity contribution is 5.81. The summed E-state index contributed by atoms with van der Waals surface area (Å²) in [5.41, 5.74) is 1.55. The molecule has 1 heterocycles. The van der Waals surface area contributed by atoms with Gasteiger partial charge in [-0.3, -0.25) is 9.69 Å². The third-order valence-electron chi connectivity index (χ3n) is 3.67. The average molecular weight is 327 g/mol. The third kappa shape index (κ3) is 3.48. The molecule has 0 N–H and O–H groups in total. The van der Waals surface area contributed by atoms with Crippen molar-refractivity contribution in [3.8, 4) is 5.75 Å². The molecule has 0 bridgehead atoms. The first-order valence-corrected chi connectivity index (χ1v) is 7.48. The first-order valence-electron chi connectivity index (χ1n) is 7.48. The Balaban J connectivity index is 1.69. The minimum Gasteiger partial charge on any atom is -0.497 e. The van der Waals surface area contributed by atoms with Crippen LogP contribution in [0.15, 0.2) is 54.6 Å². The number of amides is 1. The van der Waals surface area contributed by atoms with Crippen LogP contribution in [0.3, 0.4) is 0 Å². The van der Waals surface area contributed by atoms with Crippen molar-refractivity contribution in [1.82, 2.24) is 4.90 Å². The van der Waals surface area contributed by atoms with Crippen LogP contribution in [-0.2, 0) is 20.9 Å². The standard InChI is InChI=1S/C18H17NO5/c1-22-15-9-7-14(8-10-15)17-19(11-16(20)24-17)18(21)23-12-13-5-3-2-4-6-13/h2-10,17H,11-12H2,1H3. The second-order valence-electron chi connectivity index (χ2n) is 5.28. The molecule has 1 fully saturated rings. The molecule has 3 rings (SSSR count). The van der Waals surface area contributed by atoms with Gasteiger partial charge in [0.2, 0.25) is 6.23 Å². The van der Waals surface area contributed by atoms with Crippen LogP contribution in [0.2, 0.25) is 0 Å². The van der Waals surface area contributed by atoms with Crippen molar-refractivity contribution >= 4 is 12.1 Å². The Hall–Kier alpha value is -3.02. The Morgan fingerprint density at radius 3 is 2.54 bits per heavy atom. The Bertz CT molecular complexity index is 714. The molecule has 0 saturated carbocycles. The number of esters is 1. The quantitative estimate of drug-likeness (QED) is 0.808. The summed E-state index contributed by atoms with van der Waals surface area (Å²) in [4.78, 5) is 25.2. The monoisotopic (exact) mass is 327 g/mol. The highest BCUT2D eigenvalue weighted by Gasteiger charge is 2.37. The Kier molecular flexibility index (Phi) is 4.65. The number of methoxy groups -OCH3 is 1. The summed E-state index contributed by atoms with van der Waals surface area (Å²) >= 11 is 0. The average Bonchev–Trinajstić information content (AvgIpc) is 3.02. The number of rotatable bonds is 4. The molecule has 1 unspecified atom stereocenters. The first-order chi connectivity index (χ1) is 11.7. The van der Waals surface area contributed by atoms with Crippen LogP contribution < -0.4 is 4.74 Å². The molecule has 1 aliphatic heterocycles. The predicted octanol–water partition coefficient (Wildman–Crippen LogP) is 2.89. The maximum Gasteiger partial charge on any atom is 0.413 e. The molecule has 1 atom stereocenters. The van der Waals surface area contributed by atoms with Gasteiger partial charge >= 0.3 is 12.1 Å². The third-order valence-corrected chi connectivity index (χ3v) is 3.67. The number of hydrogen-bond donors (Lipinski definition) is 0. The molecule has 0 radical (unpaired) electrons. The SMILES string of the molecule is COc1ccc(C2OC(=O)CN2C(=O)OCc2ccccc2)cc1. The van der Waals surface area contributed by atoms with E-state index in [1.807, 2.05) is 30.3 Å². The zero-order valence-corrected chi connectivity index (χ0v) is 13.2. The van der Waals surface area contributed by atoms with E-state index < -0.39 is 18.3 Å². The molecule has 1 aliphatic rings. The fourth-order valence-electron chi connectivity index (χ4n) is 2.43. The number of hydrogen-bond acceptors (Lipinski definition) is 5. The second-order valence-corrected chi connectivity index (χ2v) is 5.28. The van der Waals surface area contributed by atoms with Gasteiger partial charge in [0.25, 0.3) is 0 Å². The number of ether oxygens (including phenoxy) is 3. The lowest BCUT2D eigenvalue weighted by Gasteiger charge is -2.21. The van der Waals surface area contributed by atoms with E-state index in [2.05, 4.69) is 0 Å². The lowest BCUT2D eigenvalue weighted by molar-refractivity contribution is -0.141. The van der Waals surface area contributed by atoms with Gasteiger partial charge in [0, 0.05) is 5.56 Å². The maximum absolute atomic E-state index is 12.3. The molecule has 6 nitrogen and oxygen atoms in total. The number of nitrogens with zero attached hydrogens (tertiary/aromatic N) is 1. The van der Waals surface area contributed by atoms with Gasteiger partial charge in [0.15, 0.2) is 0 Å². The van der Waals surface area contributed by atoms with E-state index in [-0.39, 0.29) is 13.2 Å². The molecular formula is C18H17NO5. The van der Waals surface area contributed by atoms with Crippen molar-refractivity contribution < 1.29 is 23.8 Å².